The summed E-state index contributed by atoms with van der Waals surface area (Å²) < 4.78 is 0. The van der Waals surface area contributed by atoms with Crippen LogP contribution in [0, 0.1) is 15.5 Å². The van der Waals surface area contributed by atoms with E-state index in [4.69, 9.17) is 16.2 Å². The zero-order chi connectivity index (χ0) is 10.4. The van der Waals surface area contributed by atoms with Gasteiger partial charge in [0.15, 0.2) is 5.82 Å². The van der Waals surface area contributed by atoms with Crippen LogP contribution in [-0.2, 0) is 0 Å². The van der Waals surface area contributed by atoms with Gasteiger partial charge >= 0.3 is 5.70 Å². The Morgan fingerprint density at radius 1 is 1.77 bits per heavy atom. The molecule has 0 unspecified atom stereocenters. The Hall–Kier alpha value is -1.63. The second-order valence-corrected chi connectivity index (χ2v) is 2.29. The zero-order valence-corrected chi connectivity index (χ0v) is 7.20. The topological polar surface area (TPSA) is 125 Å². The number of nitrogens with one attached hydrogen (secondary N) is 2. The maximum absolute atomic E-state index is 10.4. The van der Waals surface area contributed by atoms with E-state index in [2.05, 4.69) is 5.32 Å². The van der Waals surface area contributed by atoms with Crippen LogP contribution in [-0.4, -0.2) is 28.9 Å². The van der Waals surface area contributed by atoms with E-state index in [0.29, 0.717) is 0 Å². The fourth-order valence-electron chi connectivity index (χ4n) is 0.712. The van der Waals surface area contributed by atoms with E-state index in [1.54, 1.807) is 0 Å². The highest BCUT2D eigenvalue weighted by atomic mass is 16.6. The summed E-state index contributed by atoms with van der Waals surface area (Å²) >= 11 is 0. The summed E-state index contributed by atoms with van der Waals surface area (Å²) in [6.07, 6.45) is 0. The summed E-state index contributed by atoms with van der Waals surface area (Å²) in [4.78, 5) is 9.64. The molecule has 0 aliphatic rings. The Labute approximate surface area is 74.9 Å². The second kappa shape index (κ2) is 5.09. The minimum Gasteiger partial charge on any atom is -0.395 e. The van der Waals surface area contributed by atoms with Gasteiger partial charge in [0.2, 0.25) is 0 Å². The highest BCUT2D eigenvalue weighted by molar-refractivity contribution is 5.93. The van der Waals surface area contributed by atoms with Crippen LogP contribution in [0.4, 0.5) is 0 Å². The molecule has 5 N–H and O–H groups in total. The van der Waals surface area contributed by atoms with Crippen LogP contribution in [0.5, 0.6) is 0 Å². The number of aliphatic hydroxyl groups excluding tert-OH is 1. The van der Waals surface area contributed by atoms with Gasteiger partial charge in [-0.25, -0.2) is 0 Å². The predicted molar refractivity (Wildman–Crippen MR) is 46.7 cm³/mol. The van der Waals surface area contributed by atoms with Crippen molar-refractivity contribution in [3.8, 4) is 0 Å². The molecule has 0 fully saturated rings. The number of nitrogens with two attached hydrogens (primary N) is 1. The highest BCUT2D eigenvalue weighted by Gasteiger charge is 2.18. The first-order chi connectivity index (χ1) is 6.00. The summed E-state index contributed by atoms with van der Waals surface area (Å²) in [5, 5.41) is 28.3. The molecular weight excluding hydrogens is 176 g/mol. The fraction of sp³-hybridized carbons (Fsp3) is 0.500. The Morgan fingerprint density at radius 2 is 2.31 bits per heavy atom. The van der Waals surface area contributed by atoms with E-state index in [-0.39, 0.29) is 24.7 Å². The summed E-state index contributed by atoms with van der Waals surface area (Å²) in [7, 11) is 0. The number of hydrogen-bond acceptors (Lipinski definition) is 6. The number of aliphatic hydroxyl groups is 1. The maximum atomic E-state index is 10.4. The lowest BCUT2D eigenvalue weighted by atomic mass is 10.3. The van der Waals surface area contributed by atoms with Crippen molar-refractivity contribution in [1.82, 2.24) is 5.32 Å². The van der Waals surface area contributed by atoms with Crippen LogP contribution in [0.15, 0.2) is 11.5 Å². The van der Waals surface area contributed by atoms with Crippen LogP contribution in [0.25, 0.3) is 0 Å². The molecule has 74 valence electrons. The van der Waals surface area contributed by atoms with Crippen LogP contribution in [0.1, 0.15) is 6.92 Å². The largest absolute Gasteiger partial charge is 0.395 e. The normalized spacial score (nSPS) is 11.8. The van der Waals surface area contributed by atoms with Gasteiger partial charge in [-0.15, -0.1) is 0 Å². The van der Waals surface area contributed by atoms with Gasteiger partial charge < -0.3 is 16.2 Å². The van der Waals surface area contributed by atoms with E-state index < -0.39 is 10.6 Å². The minimum absolute atomic E-state index is 0.121. The zero-order valence-electron chi connectivity index (χ0n) is 7.20. The molecular formula is C6H12N4O3. The molecule has 0 spiro atoms. The molecule has 0 atom stereocenters. The third-order valence-corrected chi connectivity index (χ3v) is 1.22. The number of allylic oxidation sites excluding steroid dienone is 1. The summed E-state index contributed by atoms with van der Waals surface area (Å²) in [6.45, 7) is 1.21. The van der Waals surface area contributed by atoms with Crippen molar-refractivity contribution in [2.24, 2.45) is 5.73 Å². The molecule has 0 saturated heterocycles. The lowest BCUT2D eigenvalue weighted by Gasteiger charge is -2.04. The maximum Gasteiger partial charge on any atom is 0.328 e. The van der Waals surface area contributed by atoms with E-state index in [0.717, 1.165) is 0 Å². The van der Waals surface area contributed by atoms with Crippen molar-refractivity contribution in [2.45, 2.75) is 6.92 Å². The quantitative estimate of drug-likeness (QED) is 0.250. The molecule has 0 aliphatic carbocycles. The number of nitro groups is 1. The van der Waals surface area contributed by atoms with E-state index in [9.17, 15) is 10.1 Å². The van der Waals surface area contributed by atoms with Gasteiger partial charge in [0.05, 0.1) is 11.5 Å². The third kappa shape index (κ3) is 3.52. The summed E-state index contributed by atoms with van der Waals surface area (Å²) in [5.74, 6) is -0.202. The average molecular weight is 188 g/mol. The third-order valence-electron chi connectivity index (χ3n) is 1.22. The van der Waals surface area contributed by atoms with E-state index in [1.165, 1.54) is 6.92 Å². The Bertz CT molecular complexity index is 232. The first-order valence-corrected chi connectivity index (χ1v) is 3.55. The van der Waals surface area contributed by atoms with Crippen LogP contribution < -0.4 is 11.1 Å². The molecule has 0 aromatic rings. The van der Waals surface area contributed by atoms with Crippen molar-refractivity contribution in [1.29, 1.82) is 5.41 Å². The van der Waals surface area contributed by atoms with Crippen molar-refractivity contribution in [3.63, 3.8) is 0 Å². The molecule has 0 bridgehead atoms. The van der Waals surface area contributed by atoms with Crippen molar-refractivity contribution >= 4 is 5.71 Å². The number of hydrogen-bond donors (Lipinski definition) is 4. The van der Waals surface area contributed by atoms with Gasteiger partial charge in [0, 0.05) is 6.54 Å². The molecule has 0 saturated carbocycles. The van der Waals surface area contributed by atoms with Gasteiger partial charge in [-0.3, -0.25) is 15.5 Å². The molecule has 0 rings (SSSR count). The lowest BCUT2D eigenvalue weighted by molar-refractivity contribution is -0.416. The van der Waals surface area contributed by atoms with Crippen molar-refractivity contribution < 1.29 is 10.0 Å². The number of nitrogens with zero attached hydrogens (tertiary/aromatic N) is 1. The van der Waals surface area contributed by atoms with Crippen molar-refractivity contribution in [2.75, 3.05) is 13.2 Å². The molecule has 7 nitrogen and oxygen atoms in total. The molecule has 0 aliphatic heterocycles. The minimum atomic E-state index is -0.734. The molecule has 0 heterocycles. The first-order valence-electron chi connectivity index (χ1n) is 3.55. The van der Waals surface area contributed by atoms with Gasteiger partial charge in [0.1, 0.15) is 5.71 Å². The molecule has 0 aromatic heterocycles. The summed E-state index contributed by atoms with van der Waals surface area (Å²) in [6, 6.07) is 0. The van der Waals surface area contributed by atoms with E-state index >= 15 is 0 Å². The van der Waals surface area contributed by atoms with Crippen LogP contribution in [0.3, 0.4) is 0 Å². The Morgan fingerprint density at radius 3 is 2.62 bits per heavy atom. The smallest absolute Gasteiger partial charge is 0.328 e. The van der Waals surface area contributed by atoms with Crippen LogP contribution >= 0.6 is 0 Å². The molecule has 0 amide bonds. The Balaban J connectivity index is 4.66. The van der Waals surface area contributed by atoms with Gasteiger partial charge in [-0.1, -0.05) is 0 Å². The van der Waals surface area contributed by atoms with Gasteiger partial charge in [-0.2, -0.15) is 0 Å². The molecule has 0 radical (unpaired) electrons. The highest BCUT2D eigenvalue weighted by Crippen LogP contribution is 1.99. The van der Waals surface area contributed by atoms with Gasteiger partial charge in [-0.05, 0) is 6.92 Å². The van der Waals surface area contributed by atoms with E-state index in [1.807, 2.05) is 0 Å². The second-order valence-electron chi connectivity index (χ2n) is 2.29. The van der Waals surface area contributed by atoms with Crippen molar-refractivity contribution in [3.05, 3.63) is 21.6 Å². The predicted octanol–water partition coefficient (Wildman–Crippen LogP) is -0.988. The van der Waals surface area contributed by atoms with Crippen LogP contribution in [0.2, 0.25) is 0 Å². The Kier molecular flexibility index (Phi) is 4.45. The monoisotopic (exact) mass is 188 g/mol. The average Bonchev–Trinajstić information content (AvgIpc) is 1.99. The summed E-state index contributed by atoms with van der Waals surface area (Å²) in [5.41, 5.74) is 4.59. The molecule has 13 heavy (non-hydrogen) atoms. The number of rotatable bonds is 5. The standard InChI is InChI=1S/C6H12N4O3/c1-4(7)5(10(12)13)6(8)9-2-3-11/h7,9,11H,2-3,8H2,1H3/b6-5+,7-4?. The fourth-order valence-corrected chi connectivity index (χ4v) is 0.712. The van der Waals surface area contributed by atoms with Gasteiger partial charge in [0.25, 0.3) is 0 Å². The lowest BCUT2D eigenvalue weighted by Crippen LogP contribution is -2.29. The SMILES string of the molecule is CC(=N)/C(=C(/N)NCCO)[N+](=O)[O-]. The molecule has 0 aromatic carbocycles. The first kappa shape index (κ1) is 11.4. The molecule has 7 heteroatoms.